The number of anilines is 1. The molecule has 6 heteroatoms. The van der Waals surface area contributed by atoms with Gasteiger partial charge in [-0.25, -0.2) is 9.97 Å². The van der Waals surface area contributed by atoms with E-state index in [1.807, 2.05) is 29.1 Å². The van der Waals surface area contributed by atoms with Crippen molar-refractivity contribution in [3.63, 3.8) is 0 Å². The number of nitrogens with zero attached hydrogens (tertiary/aromatic N) is 3. The van der Waals surface area contributed by atoms with Gasteiger partial charge in [0.05, 0.1) is 6.33 Å². The van der Waals surface area contributed by atoms with Crippen LogP contribution in [-0.4, -0.2) is 20.4 Å². The van der Waals surface area contributed by atoms with E-state index in [0.717, 1.165) is 17.0 Å². The first kappa shape index (κ1) is 17.2. The zero-order valence-electron chi connectivity index (χ0n) is 14.8. The summed E-state index contributed by atoms with van der Waals surface area (Å²) in [5, 5.41) is 3.49. The van der Waals surface area contributed by atoms with Crippen LogP contribution in [0.3, 0.4) is 0 Å². The van der Waals surface area contributed by atoms with E-state index in [1.54, 1.807) is 24.7 Å². The number of benzene rings is 2. The Morgan fingerprint density at radius 3 is 2.59 bits per heavy atom. The lowest BCUT2D eigenvalue weighted by Crippen LogP contribution is -2.11. The van der Waals surface area contributed by atoms with Crippen molar-refractivity contribution >= 4 is 22.4 Å². The van der Waals surface area contributed by atoms with Crippen LogP contribution in [0.15, 0.2) is 73.4 Å². The summed E-state index contributed by atoms with van der Waals surface area (Å²) < 4.78 is 1.89. The van der Waals surface area contributed by atoms with Gasteiger partial charge in [-0.1, -0.05) is 29.8 Å². The molecule has 0 bridgehead atoms. The number of nitrogens with one attached hydrogen (secondary N) is 1. The number of thiazole rings is 1. The molecule has 0 saturated heterocycles. The second-order valence-corrected chi connectivity index (χ2v) is 7.38. The van der Waals surface area contributed by atoms with E-state index in [4.69, 9.17) is 0 Å². The van der Waals surface area contributed by atoms with E-state index in [0.29, 0.717) is 10.7 Å². The second kappa shape index (κ2) is 7.55. The van der Waals surface area contributed by atoms with Crippen LogP contribution in [0.5, 0.6) is 0 Å². The standard InChI is InChI=1S/C21H18N4OS/c1-15-2-4-16(5-3-15)12-19-13-23-21(27-19)24-20(26)17-6-8-18(9-7-17)25-11-10-22-14-25/h2-11,13-14H,12H2,1H3,(H,23,24,26). The zero-order valence-corrected chi connectivity index (χ0v) is 15.6. The fourth-order valence-corrected chi connectivity index (χ4v) is 3.56. The van der Waals surface area contributed by atoms with Crippen molar-refractivity contribution in [2.75, 3.05) is 5.32 Å². The molecule has 1 amide bonds. The highest BCUT2D eigenvalue weighted by Gasteiger charge is 2.10. The predicted molar refractivity (Wildman–Crippen MR) is 108 cm³/mol. The van der Waals surface area contributed by atoms with Gasteiger partial charge in [0.2, 0.25) is 0 Å². The molecule has 0 unspecified atom stereocenters. The highest BCUT2D eigenvalue weighted by atomic mass is 32.1. The van der Waals surface area contributed by atoms with Crippen LogP contribution in [0.25, 0.3) is 5.69 Å². The number of rotatable bonds is 5. The van der Waals surface area contributed by atoms with Gasteiger partial charge in [0.15, 0.2) is 5.13 Å². The average molecular weight is 374 g/mol. The molecule has 0 spiro atoms. The summed E-state index contributed by atoms with van der Waals surface area (Å²) in [5.41, 5.74) is 4.03. The summed E-state index contributed by atoms with van der Waals surface area (Å²) in [4.78, 5) is 21.9. The van der Waals surface area contributed by atoms with Crippen LogP contribution in [-0.2, 0) is 6.42 Å². The fraction of sp³-hybridized carbons (Fsp3) is 0.0952. The van der Waals surface area contributed by atoms with Gasteiger partial charge in [0, 0.05) is 41.1 Å². The molecular formula is C21H18N4OS. The van der Waals surface area contributed by atoms with E-state index >= 15 is 0 Å². The van der Waals surface area contributed by atoms with Crippen molar-refractivity contribution in [1.82, 2.24) is 14.5 Å². The zero-order chi connectivity index (χ0) is 18.6. The van der Waals surface area contributed by atoms with Crippen molar-refractivity contribution in [3.8, 4) is 5.69 Å². The Hall–Kier alpha value is -3.25. The summed E-state index contributed by atoms with van der Waals surface area (Å²) >= 11 is 1.50. The highest BCUT2D eigenvalue weighted by Crippen LogP contribution is 2.22. The topological polar surface area (TPSA) is 59.8 Å². The molecule has 4 aromatic rings. The molecular weight excluding hydrogens is 356 g/mol. The summed E-state index contributed by atoms with van der Waals surface area (Å²) in [5.74, 6) is -0.164. The molecule has 134 valence electrons. The quantitative estimate of drug-likeness (QED) is 0.560. The van der Waals surface area contributed by atoms with Gasteiger partial charge in [-0.15, -0.1) is 11.3 Å². The van der Waals surface area contributed by atoms with Gasteiger partial charge in [0.25, 0.3) is 5.91 Å². The highest BCUT2D eigenvalue weighted by molar-refractivity contribution is 7.15. The monoisotopic (exact) mass is 374 g/mol. The molecule has 2 aromatic heterocycles. The first-order valence-electron chi connectivity index (χ1n) is 8.57. The van der Waals surface area contributed by atoms with Crippen LogP contribution in [0.1, 0.15) is 26.4 Å². The Bertz CT molecular complexity index is 1030. The summed E-state index contributed by atoms with van der Waals surface area (Å²) in [6.07, 6.45) is 7.94. The predicted octanol–water partition coefficient (Wildman–Crippen LogP) is 4.48. The molecule has 0 fully saturated rings. The maximum absolute atomic E-state index is 12.5. The van der Waals surface area contributed by atoms with E-state index < -0.39 is 0 Å². The Morgan fingerprint density at radius 1 is 1.11 bits per heavy atom. The summed E-state index contributed by atoms with van der Waals surface area (Å²) in [7, 11) is 0. The number of carbonyl (C=O) groups is 1. The number of hydrogen-bond donors (Lipinski definition) is 1. The SMILES string of the molecule is Cc1ccc(Cc2cnc(NC(=O)c3ccc(-n4ccnc4)cc3)s2)cc1. The smallest absolute Gasteiger partial charge is 0.257 e. The number of aromatic nitrogens is 3. The summed E-state index contributed by atoms with van der Waals surface area (Å²) in [6.45, 7) is 2.08. The Morgan fingerprint density at radius 2 is 1.89 bits per heavy atom. The minimum Gasteiger partial charge on any atom is -0.306 e. The molecule has 0 aliphatic heterocycles. The second-order valence-electron chi connectivity index (χ2n) is 6.27. The molecule has 5 nitrogen and oxygen atoms in total. The van der Waals surface area contributed by atoms with E-state index in [1.165, 1.54) is 22.5 Å². The molecule has 4 rings (SSSR count). The average Bonchev–Trinajstić information content (AvgIpc) is 3.36. The minimum atomic E-state index is -0.164. The maximum atomic E-state index is 12.5. The van der Waals surface area contributed by atoms with Crippen molar-refractivity contribution in [2.24, 2.45) is 0 Å². The van der Waals surface area contributed by atoms with Crippen molar-refractivity contribution in [1.29, 1.82) is 0 Å². The number of carbonyl (C=O) groups excluding carboxylic acids is 1. The number of amides is 1. The lowest BCUT2D eigenvalue weighted by Gasteiger charge is -2.04. The molecule has 0 radical (unpaired) electrons. The van der Waals surface area contributed by atoms with E-state index in [-0.39, 0.29) is 5.91 Å². The third kappa shape index (κ3) is 4.12. The number of hydrogen-bond acceptors (Lipinski definition) is 4. The van der Waals surface area contributed by atoms with Crippen molar-refractivity contribution in [3.05, 3.63) is 95.0 Å². The van der Waals surface area contributed by atoms with Crippen LogP contribution in [0.2, 0.25) is 0 Å². The maximum Gasteiger partial charge on any atom is 0.257 e. The van der Waals surface area contributed by atoms with Crippen LogP contribution in [0.4, 0.5) is 5.13 Å². The molecule has 0 saturated carbocycles. The minimum absolute atomic E-state index is 0.164. The lowest BCUT2D eigenvalue weighted by molar-refractivity contribution is 0.102. The number of aryl methyl sites for hydroxylation is 1. The van der Waals surface area contributed by atoms with Crippen LogP contribution < -0.4 is 5.32 Å². The Labute approximate surface area is 161 Å². The normalized spacial score (nSPS) is 10.7. The number of imidazole rings is 1. The lowest BCUT2D eigenvalue weighted by atomic mass is 10.1. The molecule has 1 N–H and O–H groups in total. The summed E-state index contributed by atoms with van der Waals surface area (Å²) in [6, 6.07) is 15.8. The third-order valence-electron chi connectivity index (χ3n) is 4.21. The van der Waals surface area contributed by atoms with Gasteiger partial charge in [-0.2, -0.15) is 0 Å². The van der Waals surface area contributed by atoms with Gasteiger partial charge in [0.1, 0.15) is 0 Å². The van der Waals surface area contributed by atoms with Crippen LogP contribution >= 0.6 is 11.3 Å². The molecule has 0 atom stereocenters. The van der Waals surface area contributed by atoms with Gasteiger partial charge < -0.3 is 4.57 Å². The van der Waals surface area contributed by atoms with Crippen molar-refractivity contribution in [2.45, 2.75) is 13.3 Å². The van der Waals surface area contributed by atoms with E-state index in [2.05, 4.69) is 46.5 Å². The van der Waals surface area contributed by atoms with Gasteiger partial charge >= 0.3 is 0 Å². The Kier molecular flexibility index (Phi) is 4.80. The van der Waals surface area contributed by atoms with Crippen molar-refractivity contribution < 1.29 is 4.79 Å². The largest absolute Gasteiger partial charge is 0.306 e. The molecule has 2 heterocycles. The van der Waals surface area contributed by atoms with E-state index in [9.17, 15) is 4.79 Å². The third-order valence-corrected chi connectivity index (χ3v) is 5.12. The van der Waals surface area contributed by atoms with Gasteiger partial charge in [-0.05, 0) is 36.8 Å². The fourth-order valence-electron chi connectivity index (χ4n) is 2.72. The first-order valence-corrected chi connectivity index (χ1v) is 9.39. The first-order chi connectivity index (χ1) is 13.2. The molecule has 0 aliphatic rings. The van der Waals surface area contributed by atoms with Crippen LogP contribution in [0, 0.1) is 6.92 Å². The molecule has 27 heavy (non-hydrogen) atoms. The van der Waals surface area contributed by atoms with Gasteiger partial charge in [-0.3, -0.25) is 10.1 Å². The molecule has 2 aromatic carbocycles. The Balaban J connectivity index is 1.41. The molecule has 0 aliphatic carbocycles.